The van der Waals surface area contributed by atoms with Crippen LogP contribution in [-0.4, -0.2) is 25.0 Å². The van der Waals surface area contributed by atoms with E-state index in [1.807, 2.05) is 13.8 Å². The summed E-state index contributed by atoms with van der Waals surface area (Å²) in [4.78, 5) is 2.53. The van der Waals surface area contributed by atoms with Crippen LogP contribution in [0.5, 0.6) is 0 Å². The first kappa shape index (κ1) is 12.0. The maximum Gasteiger partial charge on any atom is 0.00350 e. The maximum atomic E-state index is 2.53. The molecule has 1 saturated heterocycles. The highest BCUT2D eigenvalue weighted by atomic mass is 15.1. The van der Waals surface area contributed by atoms with E-state index in [0.717, 1.165) is 11.3 Å². The molecule has 1 heteroatoms. The van der Waals surface area contributed by atoms with Gasteiger partial charge in [-0.2, -0.15) is 0 Å². The van der Waals surface area contributed by atoms with Gasteiger partial charge in [0.25, 0.3) is 0 Å². The van der Waals surface area contributed by atoms with E-state index >= 15 is 0 Å². The van der Waals surface area contributed by atoms with Gasteiger partial charge < -0.3 is 4.90 Å². The van der Waals surface area contributed by atoms with Crippen LogP contribution in [0.3, 0.4) is 0 Å². The molecular weight excluding hydrogens is 170 g/mol. The molecule has 2 fully saturated rings. The van der Waals surface area contributed by atoms with Gasteiger partial charge in [0.1, 0.15) is 0 Å². The third-order valence-corrected chi connectivity index (χ3v) is 3.80. The van der Waals surface area contributed by atoms with Gasteiger partial charge in [-0.15, -0.1) is 0 Å². The van der Waals surface area contributed by atoms with Crippen LogP contribution in [0, 0.1) is 11.3 Å². The molecule has 1 aliphatic carbocycles. The molecule has 2 unspecified atom stereocenters. The van der Waals surface area contributed by atoms with Gasteiger partial charge in [-0.3, -0.25) is 0 Å². The fraction of sp³-hybridized carbons (Fsp3) is 1.00. The van der Waals surface area contributed by atoms with E-state index in [1.54, 1.807) is 0 Å². The van der Waals surface area contributed by atoms with Crippen LogP contribution < -0.4 is 0 Å². The van der Waals surface area contributed by atoms with Crippen molar-refractivity contribution >= 4 is 0 Å². The Morgan fingerprint density at radius 2 is 1.93 bits per heavy atom. The van der Waals surface area contributed by atoms with Crippen molar-refractivity contribution < 1.29 is 0 Å². The molecule has 1 saturated carbocycles. The second kappa shape index (κ2) is 5.16. The fourth-order valence-corrected chi connectivity index (χ4v) is 3.32. The minimum Gasteiger partial charge on any atom is -0.306 e. The lowest BCUT2D eigenvalue weighted by Gasteiger charge is -2.39. The molecule has 1 aliphatic heterocycles. The van der Waals surface area contributed by atoms with Crippen LogP contribution in [0.2, 0.25) is 0 Å². The van der Waals surface area contributed by atoms with E-state index in [4.69, 9.17) is 0 Å². The molecule has 2 atom stereocenters. The molecule has 0 radical (unpaired) electrons. The lowest BCUT2D eigenvalue weighted by molar-refractivity contribution is 0.111. The van der Waals surface area contributed by atoms with Crippen LogP contribution >= 0.6 is 0 Å². The number of hydrogen-bond donors (Lipinski definition) is 0. The first-order chi connectivity index (χ1) is 6.70. The van der Waals surface area contributed by atoms with Gasteiger partial charge in [-0.1, -0.05) is 27.2 Å². The maximum absolute atomic E-state index is 2.53. The van der Waals surface area contributed by atoms with E-state index in [2.05, 4.69) is 18.9 Å². The topological polar surface area (TPSA) is 3.24 Å². The highest BCUT2D eigenvalue weighted by Crippen LogP contribution is 2.46. The van der Waals surface area contributed by atoms with Gasteiger partial charge in [0.15, 0.2) is 0 Å². The number of piperidine rings is 1. The summed E-state index contributed by atoms with van der Waals surface area (Å²) in [5.41, 5.74) is 0.742. The van der Waals surface area contributed by atoms with Crippen molar-refractivity contribution in [2.75, 3.05) is 20.1 Å². The zero-order valence-electron chi connectivity index (χ0n) is 10.5. The summed E-state index contributed by atoms with van der Waals surface area (Å²) in [6, 6.07) is 0. The number of nitrogens with zero attached hydrogens (tertiary/aromatic N) is 1. The summed E-state index contributed by atoms with van der Waals surface area (Å²) < 4.78 is 0. The quantitative estimate of drug-likeness (QED) is 0.574. The standard InChI is InChI=1S/C11H21N.C2H6/c1-10-4-6-11(8-10)5-3-7-12(2)9-11;1-2/h10H,3-9H2,1-2H3;1-2H3. The van der Waals surface area contributed by atoms with Crippen molar-refractivity contribution in [3.8, 4) is 0 Å². The molecule has 2 rings (SSSR count). The minimum atomic E-state index is 0.742. The fourth-order valence-electron chi connectivity index (χ4n) is 3.32. The summed E-state index contributed by atoms with van der Waals surface area (Å²) >= 11 is 0. The van der Waals surface area contributed by atoms with E-state index in [0.29, 0.717) is 0 Å². The Labute approximate surface area is 89.9 Å². The first-order valence-corrected chi connectivity index (χ1v) is 6.39. The molecule has 0 aromatic heterocycles. The largest absolute Gasteiger partial charge is 0.306 e. The summed E-state index contributed by atoms with van der Waals surface area (Å²) in [5.74, 6) is 0.997. The summed E-state index contributed by atoms with van der Waals surface area (Å²) in [6.45, 7) is 9.12. The minimum absolute atomic E-state index is 0.742. The average molecular weight is 197 g/mol. The number of rotatable bonds is 0. The van der Waals surface area contributed by atoms with Crippen molar-refractivity contribution in [1.82, 2.24) is 4.90 Å². The highest BCUT2D eigenvalue weighted by molar-refractivity contribution is 4.92. The van der Waals surface area contributed by atoms with E-state index in [-0.39, 0.29) is 0 Å². The predicted octanol–water partition coefficient (Wildman–Crippen LogP) is 3.54. The van der Waals surface area contributed by atoms with Crippen LogP contribution in [0.4, 0.5) is 0 Å². The highest BCUT2D eigenvalue weighted by Gasteiger charge is 2.39. The van der Waals surface area contributed by atoms with Crippen molar-refractivity contribution in [3.63, 3.8) is 0 Å². The molecule has 2 aliphatic rings. The molecule has 0 aromatic carbocycles. The SMILES string of the molecule is CC.CC1CCC2(CCCN(C)C2)C1. The van der Waals surface area contributed by atoms with Gasteiger partial charge in [0, 0.05) is 6.54 Å². The van der Waals surface area contributed by atoms with E-state index in [1.165, 1.54) is 45.2 Å². The Hall–Kier alpha value is -0.0400. The van der Waals surface area contributed by atoms with Gasteiger partial charge in [-0.25, -0.2) is 0 Å². The second-order valence-electron chi connectivity index (χ2n) is 5.19. The molecular formula is C13H27N. The molecule has 84 valence electrons. The predicted molar refractivity (Wildman–Crippen MR) is 63.5 cm³/mol. The van der Waals surface area contributed by atoms with Gasteiger partial charge in [0.2, 0.25) is 0 Å². The first-order valence-electron chi connectivity index (χ1n) is 6.39. The third kappa shape index (κ3) is 2.73. The number of likely N-dealkylation sites (tertiary alicyclic amines) is 1. The van der Waals surface area contributed by atoms with Crippen LogP contribution in [0.15, 0.2) is 0 Å². The van der Waals surface area contributed by atoms with Crippen LogP contribution in [0.1, 0.15) is 52.9 Å². The van der Waals surface area contributed by atoms with Gasteiger partial charge in [-0.05, 0) is 50.6 Å². The summed E-state index contributed by atoms with van der Waals surface area (Å²) in [7, 11) is 2.28. The van der Waals surface area contributed by atoms with Crippen LogP contribution in [-0.2, 0) is 0 Å². The Kier molecular flexibility index (Phi) is 4.43. The Morgan fingerprint density at radius 1 is 1.21 bits per heavy atom. The van der Waals surface area contributed by atoms with Crippen molar-refractivity contribution in [2.45, 2.75) is 52.9 Å². The Bertz CT molecular complexity index is 163. The van der Waals surface area contributed by atoms with E-state index < -0.39 is 0 Å². The molecule has 1 nitrogen and oxygen atoms in total. The Morgan fingerprint density at radius 3 is 2.43 bits per heavy atom. The monoisotopic (exact) mass is 197 g/mol. The number of hydrogen-bond acceptors (Lipinski definition) is 1. The van der Waals surface area contributed by atoms with Gasteiger partial charge >= 0.3 is 0 Å². The molecule has 0 N–H and O–H groups in total. The molecule has 0 aromatic rings. The van der Waals surface area contributed by atoms with Gasteiger partial charge in [0.05, 0.1) is 0 Å². The smallest absolute Gasteiger partial charge is 0.00350 e. The molecule has 0 bridgehead atoms. The molecule has 14 heavy (non-hydrogen) atoms. The Balaban J connectivity index is 0.000000461. The van der Waals surface area contributed by atoms with E-state index in [9.17, 15) is 0 Å². The second-order valence-corrected chi connectivity index (χ2v) is 5.19. The lowest BCUT2D eigenvalue weighted by atomic mass is 9.78. The molecule has 1 spiro atoms. The summed E-state index contributed by atoms with van der Waals surface area (Å²) in [6.07, 6.45) is 7.41. The third-order valence-electron chi connectivity index (χ3n) is 3.80. The van der Waals surface area contributed by atoms with Crippen molar-refractivity contribution in [2.24, 2.45) is 11.3 Å². The summed E-state index contributed by atoms with van der Waals surface area (Å²) in [5, 5.41) is 0. The molecule has 0 amide bonds. The normalized spacial score (nSPS) is 38.1. The zero-order valence-corrected chi connectivity index (χ0v) is 10.5. The van der Waals surface area contributed by atoms with Crippen molar-refractivity contribution in [1.29, 1.82) is 0 Å². The van der Waals surface area contributed by atoms with Crippen LogP contribution in [0.25, 0.3) is 0 Å². The average Bonchev–Trinajstić information content (AvgIpc) is 2.50. The zero-order chi connectivity index (χ0) is 10.6. The lowest BCUT2D eigenvalue weighted by Crippen LogP contribution is -2.39. The molecule has 1 heterocycles. The van der Waals surface area contributed by atoms with Crippen molar-refractivity contribution in [3.05, 3.63) is 0 Å².